The molecule has 1 amide bonds. The highest BCUT2D eigenvalue weighted by atomic mass is 79.9. The topological polar surface area (TPSA) is 92.5 Å². The third-order valence-electron chi connectivity index (χ3n) is 4.90. The Bertz CT molecular complexity index is 1260. The first-order valence-electron chi connectivity index (χ1n) is 8.61. The Morgan fingerprint density at radius 3 is 2.30 bits per heavy atom. The highest BCUT2D eigenvalue weighted by Crippen LogP contribution is 2.44. The lowest BCUT2D eigenvalue weighted by atomic mass is 9.92. The van der Waals surface area contributed by atoms with Gasteiger partial charge in [-0.1, -0.05) is 51.3 Å². The second kappa shape index (κ2) is 7.35. The molecule has 1 aliphatic heterocycles. The lowest BCUT2D eigenvalue weighted by Crippen LogP contribution is -2.41. The van der Waals surface area contributed by atoms with Gasteiger partial charge < -0.3 is 0 Å². The van der Waals surface area contributed by atoms with Crippen LogP contribution in [0.1, 0.15) is 12.5 Å². The Morgan fingerprint density at radius 1 is 1.13 bits per heavy atom. The molecule has 1 N–H and O–H groups in total. The van der Waals surface area contributed by atoms with Crippen molar-refractivity contribution in [3.05, 3.63) is 68.7 Å². The summed E-state index contributed by atoms with van der Waals surface area (Å²) in [4.78, 5) is 19.0. The molecule has 4 rings (SSSR count). The monoisotopic (exact) mass is 529 g/mol. The molecule has 0 radical (unpaired) electrons. The van der Waals surface area contributed by atoms with Gasteiger partial charge >= 0.3 is 10.1 Å². The summed E-state index contributed by atoms with van der Waals surface area (Å²) in [7, 11) is -4.64. The molecule has 0 unspecified atom stereocenters. The molecule has 0 bridgehead atoms. The molecular formula is C19H14BrCl2N3O4S. The Labute approximate surface area is 191 Å². The van der Waals surface area contributed by atoms with E-state index < -0.39 is 26.6 Å². The van der Waals surface area contributed by atoms with Crippen LogP contribution >= 0.6 is 39.1 Å². The SMILES string of the molecule is C[C@@]1(Cc2ccc(Br)cc2)C(=O)N(c2cc(Cl)cc(Cl)c2)c2ncc(S(=O)(=O)O)n21. The van der Waals surface area contributed by atoms with Crippen LogP contribution in [0.3, 0.4) is 0 Å². The first kappa shape index (κ1) is 21.3. The first-order valence-corrected chi connectivity index (χ1v) is 11.6. The smallest absolute Gasteiger partial charge is 0.283 e. The molecule has 1 aromatic heterocycles. The fraction of sp³-hybridized carbons (Fsp3) is 0.158. The van der Waals surface area contributed by atoms with Crippen molar-refractivity contribution in [1.82, 2.24) is 9.55 Å². The van der Waals surface area contributed by atoms with Gasteiger partial charge in [-0.3, -0.25) is 13.9 Å². The summed E-state index contributed by atoms with van der Waals surface area (Å²) in [5, 5.41) is 0.140. The lowest BCUT2D eigenvalue weighted by molar-refractivity contribution is -0.124. The number of nitrogens with zero attached hydrogens (tertiary/aromatic N) is 3. The highest BCUT2D eigenvalue weighted by Gasteiger charge is 2.51. The number of hydrogen-bond donors (Lipinski definition) is 1. The van der Waals surface area contributed by atoms with Gasteiger partial charge in [0.25, 0.3) is 5.91 Å². The van der Waals surface area contributed by atoms with Gasteiger partial charge in [0.1, 0.15) is 5.54 Å². The van der Waals surface area contributed by atoms with E-state index in [2.05, 4.69) is 20.9 Å². The molecule has 0 spiro atoms. The average molecular weight is 531 g/mol. The number of halogens is 3. The minimum absolute atomic E-state index is 0.0468. The minimum Gasteiger partial charge on any atom is -0.283 e. The number of rotatable bonds is 4. The molecule has 11 heteroatoms. The Balaban J connectivity index is 1.93. The molecule has 2 heterocycles. The van der Waals surface area contributed by atoms with Crippen LogP contribution in [-0.4, -0.2) is 28.4 Å². The Morgan fingerprint density at radius 2 is 1.73 bits per heavy atom. The van der Waals surface area contributed by atoms with Crippen molar-refractivity contribution in [2.24, 2.45) is 0 Å². The first-order chi connectivity index (χ1) is 14.0. The third-order valence-corrected chi connectivity index (χ3v) is 6.68. The van der Waals surface area contributed by atoms with E-state index in [0.717, 1.165) is 16.2 Å². The number of carbonyl (C=O) groups excluding carboxylic acids is 1. The number of benzene rings is 2. The number of hydrogen-bond acceptors (Lipinski definition) is 4. The summed E-state index contributed by atoms with van der Waals surface area (Å²) >= 11 is 15.6. The molecule has 0 saturated heterocycles. The van der Waals surface area contributed by atoms with Crippen LogP contribution in [0.15, 0.2) is 58.2 Å². The predicted molar refractivity (Wildman–Crippen MR) is 117 cm³/mol. The molecule has 3 aromatic rings. The van der Waals surface area contributed by atoms with Gasteiger partial charge in [0.05, 0.1) is 11.9 Å². The van der Waals surface area contributed by atoms with Crippen LogP contribution in [0.25, 0.3) is 0 Å². The molecule has 30 heavy (non-hydrogen) atoms. The van der Waals surface area contributed by atoms with Crippen LogP contribution < -0.4 is 4.90 Å². The molecule has 0 fully saturated rings. The molecule has 0 aliphatic carbocycles. The summed E-state index contributed by atoms with van der Waals surface area (Å²) in [6.07, 6.45) is 1.19. The second-order valence-electron chi connectivity index (χ2n) is 7.05. The molecule has 1 atom stereocenters. The number of anilines is 2. The largest absolute Gasteiger partial charge is 0.312 e. The summed E-state index contributed by atoms with van der Waals surface area (Å²) in [6.45, 7) is 1.60. The van der Waals surface area contributed by atoms with Gasteiger partial charge in [-0.15, -0.1) is 0 Å². The summed E-state index contributed by atoms with van der Waals surface area (Å²) in [5.74, 6) is -0.387. The van der Waals surface area contributed by atoms with Gasteiger partial charge in [-0.25, -0.2) is 9.88 Å². The van der Waals surface area contributed by atoms with E-state index >= 15 is 0 Å². The summed E-state index contributed by atoms with van der Waals surface area (Å²) in [5.41, 5.74) is -0.244. The molecule has 0 saturated carbocycles. The Hall–Kier alpha value is -1.91. The molecule has 7 nitrogen and oxygen atoms in total. The van der Waals surface area contributed by atoms with Crippen molar-refractivity contribution in [3.8, 4) is 0 Å². The van der Waals surface area contributed by atoms with Crippen molar-refractivity contribution in [2.75, 3.05) is 4.90 Å². The average Bonchev–Trinajstić information content (AvgIpc) is 3.16. The van der Waals surface area contributed by atoms with Gasteiger partial charge in [0.15, 0.2) is 5.03 Å². The van der Waals surface area contributed by atoms with Crippen molar-refractivity contribution in [3.63, 3.8) is 0 Å². The molecular weight excluding hydrogens is 517 g/mol. The Kier molecular flexibility index (Phi) is 5.22. The van der Waals surface area contributed by atoms with Crippen LogP contribution in [0.2, 0.25) is 10.0 Å². The number of carbonyl (C=O) groups is 1. The van der Waals surface area contributed by atoms with Gasteiger partial charge in [0, 0.05) is 20.9 Å². The summed E-state index contributed by atoms with van der Waals surface area (Å²) in [6, 6.07) is 11.9. The molecule has 2 aromatic carbocycles. The fourth-order valence-electron chi connectivity index (χ4n) is 3.61. The van der Waals surface area contributed by atoms with E-state index in [1.807, 2.05) is 24.3 Å². The van der Waals surface area contributed by atoms with Crippen molar-refractivity contribution in [1.29, 1.82) is 0 Å². The minimum atomic E-state index is -4.64. The standard InChI is InChI=1S/C19H14BrCl2N3O4S/c1-19(9-11-2-4-12(20)5-3-11)17(26)24(15-7-13(21)6-14(22)8-15)18-23-10-16(25(18)19)30(27,28)29/h2-8,10H,9H2,1H3,(H,27,28,29)/t19-/m1/s1. The van der Waals surface area contributed by atoms with E-state index in [9.17, 15) is 17.8 Å². The van der Waals surface area contributed by atoms with Crippen LogP contribution in [-0.2, 0) is 26.9 Å². The molecule has 156 valence electrons. The van der Waals surface area contributed by atoms with Gasteiger partial charge in [-0.2, -0.15) is 8.42 Å². The zero-order valence-electron chi connectivity index (χ0n) is 15.4. The van der Waals surface area contributed by atoms with Crippen LogP contribution in [0.5, 0.6) is 0 Å². The van der Waals surface area contributed by atoms with E-state index in [0.29, 0.717) is 15.7 Å². The lowest BCUT2D eigenvalue weighted by Gasteiger charge is -2.26. The highest BCUT2D eigenvalue weighted by molar-refractivity contribution is 9.10. The zero-order valence-corrected chi connectivity index (χ0v) is 19.3. The zero-order chi connectivity index (χ0) is 21.8. The van der Waals surface area contributed by atoms with E-state index in [4.69, 9.17) is 23.2 Å². The maximum absolute atomic E-state index is 13.6. The molecule has 1 aliphatic rings. The normalized spacial score (nSPS) is 18.7. The number of imidazole rings is 1. The van der Waals surface area contributed by atoms with Crippen molar-refractivity contribution < 1.29 is 17.8 Å². The summed E-state index contributed by atoms with van der Waals surface area (Å²) < 4.78 is 35.9. The second-order valence-corrected chi connectivity index (χ2v) is 10.2. The van der Waals surface area contributed by atoms with Crippen molar-refractivity contribution >= 4 is 66.8 Å². The van der Waals surface area contributed by atoms with E-state index in [1.54, 1.807) is 6.92 Å². The van der Waals surface area contributed by atoms with Gasteiger partial charge in [0.2, 0.25) is 5.95 Å². The van der Waals surface area contributed by atoms with E-state index in [-0.39, 0.29) is 12.4 Å². The number of fused-ring (bicyclic) bond motifs is 1. The quantitative estimate of drug-likeness (QED) is 0.487. The van der Waals surface area contributed by atoms with Crippen LogP contribution in [0.4, 0.5) is 11.6 Å². The number of aromatic nitrogens is 2. The maximum atomic E-state index is 13.6. The van der Waals surface area contributed by atoms with E-state index in [1.165, 1.54) is 27.7 Å². The maximum Gasteiger partial charge on any atom is 0.312 e. The van der Waals surface area contributed by atoms with Crippen LogP contribution in [0, 0.1) is 0 Å². The number of amides is 1. The third kappa shape index (κ3) is 3.54. The van der Waals surface area contributed by atoms with Gasteiger partial charge in [-0.05, 0) is 42.8 Å². The predicted octanol–water partition coefficient (Wildman–Crippen LogP) is 4.84. The van der Waals surface area contributed by atoms with Crippen molar-refractivity contribution in [2.45, 2.75) is 23.9 Å². The fourth-order valence-corrected chi connectivity index (χ4v) is 5.09.